The molecule has 3 heteroatoms. The van der Waals surface area contributed by atoms with E-state index in [1.807, 2.05) is 12.1 Å². The van der Waals surface area contributed by atoms with E-state index in [4.69, 9.17) is 9.47 Å². The first-order chi connectivity index (χ1) is 8.00. The largest absolute Gasteiger partial charge is 0.497 e. The maximum Gasteiger partial charge on any atom is 0.118 e. The Labute approximate surface area is 103 Å². The molecule has 2 rings (SSSR count). The van der Waals surface area contributed by atoms with Crippen LogP contribution in [0.3, 0.4) is 0 Å². The number of ether oxygens (including phenoxy) is 2. The first kappa shape index (κ1) is 12.4. The average Bonchev–Trinajstić information content (AvgIpc) is 2.78. The highest BCUT2D eigenvalue weighted by Crippen LogP contribution is 2.30. The predicted molar refractivity (Wildman–Crippen MR) is 68.1 cm³/mol. The molecular weight excluding hydrogens is 214 g/mol. The fourth-order valence-corrected chi connectivity index (χ4v) is 2.00. The van der Waals surface area contributed by atoms with Crippen molar-refractivity contribution in [1.29, 1.82) is 0 Å². The molecule has 0 bridgehead atoms. The van der Waals surface area contributed by atoms with Crippen LogP contribution in [0, 0.1) is 5.41 Å². The third-order valence-corrected chi connectivity index (χ3v) is 3.09. The Bertz CT molecular complexity index is 367. The summed E-state index contributed by atoms with van der Waals surface area (Å²) >= 11 is 0. The number of benzene rings is 1. The summed E-state index contributed by atoms with van der Waals surface area (Å²) in [5, 5.41) is 3.52. The first-order valence-electron chi connectivity index (χ1n) is 6.02. The van der Waals surface area contributed by atoms with Gasteiger partial charge in [0.2, 0.25) is 0 Å². The molecule has 1 saturated heterocycles. The average molecular weight is 235 g/mol. The number of hydrogen-bond donors (Lipinski definition) is 1. The van der Waals surface area contributed by atoms with Gasteiger partial charge in [0.15, 0.2) is 0 Å². The molecule has 1 aromatic carbocycles. The zero-order valence-corrected chi connectivity index (χ0v) is 11.0. The van der Waals surface area contributed by atoms with Crippen molar-refractivity contribution in [1.82, 2.24) is 5.32 Å². The standard InChI is InChI=1S/C14H21NO2/c1-14(2,3)13-15-12(9-17-13)10-5-7-11(16-4)8-6-10/h5-8,12-13,15H,9H2,1-4H3. The molecule has 2 unspecified atom stereocenters. The van der Waals surface area contributed by atoms with Crippen LogP contribution in [0.4, 0.5) is 0 Å². The van der Waals surface area contributed by atoms with Crippen LogP contribution in [0.25, 0.3) is 0 Å². The summed E-state index contributed by atoms with van der Waals surface area (Å²) in [6.07, 6.45) is 0.120. The van der Waals surface area contributed by atoms with E-state index in [1.54, 1.807) is 7.11 Å². The molecule has 1 fully saturated rings. The molecule has 1 heterocycles. The van der Waals surface area contributed by atoms with E-state index in [2.05, 4.69) is 38.2 Å². The predicted octanol–water partition coefficient (Wildman–Crippen LogP) is 2.73. The lowest BCUT2D eigenvalue weighted by molar-refractivity contribution is 0.0173. The molecule has 0 spiro atoms. The van der Waals surface area contributed by atoms with Crippen molar-refractivity contribution in [3.05, 3.63) is 29.8 Å². The van der Waals surface area contributed by atoms with Crippen LogP contribution < -0.4 is 10.1 Å². The van der Waals surface area contributed by atoms with Gasteiger partial charge in [-0.2, -0.15) is 0 Å². The van der Waals surface area contributed by atoms with E-state index in [0.29, 0.717) is 0 Å². The number of hydrogen-bond acceptors (Lipinski definition) is 3. The van der Waals surface area contributed by atoms with Crippen LogP contribution in [-0.4, -0.2) is 19.9 Å². The van der Waals surface area contributed by atoms with Crippen LogP contribution in [-0.2, 0) is 4.74 Å². The van der Waals surface area contributed by atoms with Crippen LogP contribution in [0.2, 0.25) is 0 Å². The minimum absolute atomic E-state index is 0.120. The Hall–Kier alpha value is -1.06. The van der Waals surface area contributed by atoms with Crippen LogP contribution >= 0.6 is 0 Å². The van der Waals surface area contributed by atoms with Crippen molar-refractivity contribution >= 4 is 0 Å². The van der Waals surface area contributed by atoms with Gasteiger partial charge in [0.25, 0.3) is 0 Å². The van der Waals surface area contributed by atoms with Crippen LogP contribution in [0.1, 0.15) is 32.4 Å². The lowest BCUT2D eigenvalue weighted by atomic mass is 9.94. The van der Waals surface area contributed by atoms with Crippen molar-refractivity contribution < 1.29 is 9.47 Å². The normalized spacial score (nSPS) is 24.9. The molecule has 94 valence electrons. The second kappa shape index (κ2) is 4.67. The lowest BCUT2D eigenvalue weighted by Crippen LogP contribution is -2.37. The highest BCUT2D eigenvalue weighted by Gasteiger charge is 2.33. The summed E-state index contributed by atoms with van der Waals surface area (Å²) in [6.45, 7) is 7.28. The Kier molecular flexibility index (Phi) is 3.40. The van der Waals surface area contributed by atoms with Crippen molar-refractivity contribution in [2.45, 2.75) is 33.0 Å². The maximum absolute atomic E-state index is 5.80. The van der Waals surface area contributed by atoms with E-state index in [1.165, 1.54) is 5.56 Å². The van der Waals surface area contributed by atoms with Gasteiger partial charge in [0.05, 0.1) is 19.8 Å². The summed E-state index contributed by atoms with van der Waals surface area (Å²) in [4.78, 5) is 0. The smallest absolute Gasteiger partial charge is 0.118 e. The summed E-state index contributed by atoms with van der Waals surface area (Å²) < 4.78 is 11.0. The molecule has 2 atom stereocenters. The van der Waals surface area contributed by atoms with E-state index >= 15 is 0 Å². The minimum atomic E-state index is 0.120. The molecule has 1 aliphatic heterocycles. The van der Waals surface area contributed by atoms with Crippen LogP contribution in [0.15, 0.2) is 24.3 Å². The maximum atomic E-state index is 5.80. The van der Waals surface area contributed by atoms with Gasteiger partial charge in [0.1, 0.15) is 12.0 Å². The van der Waals surface area contributed by atoms with E-state index in [-0.39, 0.29) is 17.7 Å². The highest BCUT2D eigenvalue weighted by molar-refractivity contribution is 5.29. The van der Waals surface area contributed by atoms with E-state index < -0.39 is 0 Å². The second-order valence-corrected chi connectivity index (χ2v) is 5.57. The van der Waals surface area contributed by atoms with E-state index in [9.17, 15) is 0 Å². The first-order valence-corrected chi connectivity index (χ1v) is 6.02. The molecular formula is C14H21NO2. The second-order valence-electron chi connectivity index (χ2n) is 5.57. The fourth-order valence-electron chi connectivity index (χ4n) is 2.00. The minimum Gasteiger partial charge on any atom is -0.497 e. The molecule has 0 aromatic heterocycles. The summed E-state index contributed by atoms with van der Waals surface area (Å²) in [6, 6.07) is 8.43. The Balaban J connectivity index is 2.05. The highest BCUT2D eigenvalue weighted by atomic mass is 16.5. The monoisotopic (exact) mass is 235 g/mol. The molecule has 1 aliphatic rings. The quantitative estimate of drug-likeness (QED) is 0.855. The van der Waals surface area contributed by atoms with Gasteiger partial charge >= 0.3 is 0 Å². The third kappa shape index (κ3) is 2.79. The van der Waals surface area contributed by atoms with Crippen molar-refractivity contribution in [3.63, 3.8) is 0 Å². The molecule has 1 aromatic rings. The SMILES string of the molecule is COc1ccc(C2COC(C(C)(C)C)N2)cc1. The third-order valence-electron chi connectivity index (χ3n) is 3.09. The number of nitrogens with one attached hydrogen (secondary N) is 1. The van der Waals surface area contributed by atoms with Gasteiger partial charge in [-0.05, 0) is 17.7 Å². The molecule has 3 nitrogen and oxygen atoms in total. The van der Waals surface area contributed by atoms with Crippen molar-refractivity contribution in [3.8, 4) is 5.75 Å². The molecule has 0 radical (unpaired) electrons. The van der Waals surface area contributed by atoms with E-state index in [0.717, 1.165) is 12.4 Å². The fraction of sp³-hybridized carbons (Fsp3) is 0.571. The summed E-state index contributed by atoms with van der Waals surface area (Å²) in [5.74, 6) is 0.889. The lowest BCUT2D eigenvalue weighted by Gasteiger charge is -2.26. The van der Waals surface area contributed by atoms with Crippen LogP contribution in [0.5, 0.6) is 5.75 Å². The van der Waals surface area contributed by atoms with Crippen molar-refractivity contribution in [2.24, 2.45) is 5.41 Å². The molecule has 0 aliphatic carbocycles. The van der Waals surface area contributed by atoms with Crippen molar-refractivity contribution in [2.75, 3.05) is 13.7 Å². The summed E-state index contributed by atoms with van der Waals surface area (Å²) in [7, 11) is 1.68. The van der Waals surface area contributed by atoms with Gasteiger partial charge in [0, 0.05) is 5.41 Å². The zero-order valence-electron chi connectivity index (χ0n) is 11.0. The number of rotatable bonds is 2. The topological polar surface area (TPSA) is 30.5 Å². The Morgan fingerprint density at radius 1 is 1.24 bits per heavy atom. The summed E-state index contributed by atoms with van der Waals surface area (Å²) in [5.41, 5.74) is 1.37. The van der Waals surface area contributed by atoms with Gasteiger partial charge in [-0.1, -0.05) is 32.9 Å². The van der Waals surface area contributed by atoms with Gasteiger partial charge < -0.3 is 9.47 Å². The van der Waals surface area contributed by atoms with Gasteiger partial charge in [-0.15, -0.1) is 0 Å². The molecule has 0 amide bonds. The zero-order chi connectivity index (χ0) is 12.5. The molecule has 17 heavy (non-hydrogen) atoms. The molecule has 0 saturated carbocycles. The van der Waals surface area contributed by atoms with Gasteiger partial charge in [-0.3, -0.25) is 5.32 Å². The molecule has 1 N–H and O–H groups in total. The Morgan fingerprint density at radius 3 is 2.35 bits per heavy atom. The number of methoxy groups -OCH3 is 1. The van der Waals surface area contributed by atoms with Gasteiger partial charge in [-0.25, -0.2) is 0 Å². The Morgan fingerprint density at radius 2 is 1.88 bits per heavy atom.